The Kier molecular flexibility index (Phi) is 3.53. The maximum absolute atomic E-state index is 10.8. The van der Waals surface area contributed by atoms with Crippen LogP contribution in [0.2, 0.25) is 0 Å². The van der Waals surface area contributed by atoms with E-state index in [1.54, 1.807) is 30.5 Å². The average molecular weight is 292 g/mol. The number of phenolic OH excluding ortho intramolecular Hbond substituents is 1. The van der Waals surface area contributed by atoms with E-state index in [1.807, 2.05) is 24.3 Å². The predicted octanol–water partition coefficient (Wildman–Crippen LogP) is 4.20. The lowest BCUT2D eigenvalue weighted by atomic mass is 10.1. The number of aliphatic imine (C=N–C) groups is 1. The van der Waals surface area contributed by atoms with E-state index in [0.717, 1.165) is 10.8 Å². The molecule has 0 atom stereocenters. The molecule has 0 aliphatic carbocycles. The van der Waals surface area contributed by atoms with Gasteiger partial charge in [-0.2, -0.15) is 0 Å². The van der Waals surface area contributed by atoms with Crippen LogP contribution in [0.4, 0.5) is 11.4 Å². The highest BCUT2D eigenvalue weighted by Gasteiger charge is 2.05. The summed E-state index contributed by atoms with van der Waals surface area (Å²) < 4.78 is 0. The predicted molar refractivity (Wildman–Crippen MR) is 86.0 cm³/mol. The molecule has 3 rings (SSSR count). The Labute approximate surface area is 126 Å². The van der Waals surface area contributed by atoms with Gasteiger partial charge in [-0.3, -0.25) is 15.1 Å². The lowest BCUT2D eigenvalue weighted by Crippen LogP contribution is -1.89. The summed E-state index contributed by atoms with van der Waals surface area (Å²) in [6.07, 6.45) is 1.58. The Hall–Kier alpha value is -3.21. The lowest BCUT2D eigenvalue weighted by molar-refractivity contribution is -0.384. The standard InChI is InChI=1S/C17H12N2O3/c20-17-9-8-16(14-6-1-2-7-15(14)17)18-11-12-4-3-5-13(10-12)19(21)22/h1-11,20H. The molecule has 0 saturated carbocycles. The molecule has 0 heterocycles. The molecule has 0 bridgehead atoms. The molecular weight excluding hydrogens is 280 g/mol. The van der Waals surface area contributed by atoms with Gasteiger partial charge in [0.25, 0.3) is 5.69 Å². The second-order valence-electron chi connectivity index (χ2n) is 4.76. The molecule has 5 heteroatoms. The summed E-state index contributed by atoms with van der Waals surface area (Å²) in [5.41, 5.74) is 1.37. The number of nitrogens with zero attached hydrogens (tertiary/aromatic N) is 2. The molecule has 1 N–H and O–H groups in total. The molecule has 0 amide bonds. The van der Waals surface area contributed by atoms with Crippen molar-refractivity contribution < 1.29 is 10.0 Å². The van der Waals surface area contributed by atoms with Crippen molar-refractivity contribution in [2.24, 2.45) is 4.99 Å². The van der Waals surface area contributed by atoms with Crippen molar-refractivity contribution in [2.75, 3.05) is 0 Å². The zero-order valence-electron chi connectivity index (χ0n) is 11.5. The van der Waals surface area contributed by atoms with E-state index >= 15 is 0 Å². The molecule has 0 radical (unpaired) electrons. The van der Waals surface area contributed by atoms with Gasteiger partial charge in [-0.25, -0.2) is 0 Å². The number of nitro groups is 1. The first-order chi connectivity index (χ1) is 10.6. The van der Waals surface area contributed by atoms with E-state index in [9.17, 15) is 15.2 Å². The maximum atomic E-state index is 10.8. The van der Waals surface area contributed by atoms with Crippen molar-refractivity contribution >= 4 is 28.4 Å². The highest BCUT2D eigenvalue weighted by atomic mass is 16.6. The van der Waals surface area contributed by atoms with Gasteiger partial charge >= 0.3 is 0 Å². The zero-order chi connectivity index (χ0) is 15.5. The molecule has 0 spiro atoms. The van der Waals surface area contributed by atoms with Crippen LogP contribution in [-0.2, 0) is 0 Å². The molecule has 0 aromatic heterocycles. The number of benzene rings is 3. The lowest BCUT2D eigenvalue weighted by Gasteiger charge is -2.04. The van der Waals surface area contributed by atoms with E-state index < -0.39 is 4.92 Å². The minimum atomic E-state index is -0.437. The summed E-state index contributed by atoms with van der Waals surface area (Å²) in [5.74, 6) is 0.199. The summed E-state index contributed by atoms with van der Waals surface area (Å²) in [4.78, 5) is 14.7. The molecule has 0 aliphatic heterocycles. The van der Waals surface area contributed by atoms with E-state index in [4.69, 9.17) is 0 Å². The van der Waals surface area contributed by atoms with Gasteiger partial charge in [0, 0.05) is 29.1 Å². The first-order valence-corrected chi connectivity index (χ1v) is 6.64. The number of fused-ring (bicyclic) bond motifs is 1. The third-order valence-corrected chi connectivity index (χ3v) is 3.31. The molecule has 5 nitrogen and oxygen atoms in total. The number of phenols is 1. The summed E-state index contributed by atoms with van der Waals surface area (Å²) in [6.45, 7) is 0. The van der Waals surface area contributed by atoms with E-state index in [2.05, 4.69) is 4.99 Å². The van der Waals surface area contributed by atoms with E-state index in [1.165, 1.54) is 12.1 Å². The Bertz CT molecular complexity index is 888. The molecule has 0 aliphatic rings. The summed E-state index contributed by atoms with van der Waals surface area (Å²) in [6, 6.07) is 17.0. The minimum Gasteiger partial charge on any atom is -0.507 e. The minimum absolute atomic E-state index is 0.0273. The maximum Gasteiger partial charge on any atom is 0.270 e. The van der Waals surface area contributed by atoms with Crippen molar-refractivity contribution in [2.45, 2.75) is 0 Å². The fourth-order valence-corrected chi connectivity index (χ4v) is 2.24. The van der Waals surface area contributed by atoms with Crippen LogP contribution in [0.3, 0.4) is 0 Å². The van der Waals surface area contributed by atoms with Gasteiger partial charge < -0.3 is 5.11 Å². The quantitative estimate of drug-likeness (QED) is 0.446. The largest absolute Gasteiger partial charge is 0.507 e. The van der Waals surface area contributed by atoms with Crippen LogP contribution >= 0.6 is 0 Å². The van der Waals surface area contributed by atoms with Crippen LogP contribution in [0.15, 0.2) is 65.7 Å². The first-order valence-electron chi connectivity index (χ1n) is 6.64. The number of nitro benzene ring substituents is 1. The molecule has 0 saturated heterocycles. The van der Waals surface area contributed by atoms with Gasteiger partial charge in [0.05, 0.1) is 10.6 Å². The topological polar surface area (TPSA) is 75.7 Å². The second kappa shape index (κ2) is 5.65. The second-order valence-corrected chi connectivity index (χ2v) is 4.76. The molecular formula is C17H12N2O3. The fraction of sp³-hybridized carbons (Fsp3) is 0. The van der Waals surface area contributed by atoms with Crippen LogP contribution in [0, 0.1) is 10.1 Å². The van der Waals surface area contributed by atoms with Crippen LogP contribution < -0.4 is 0 Å². The third-order valence-electron chi connectivity index (χ3n) is 3.31. The van der Waals surface area contributed by atoms with E-state index in [0.29, 0.717) is 11.3 Å². The number of non-ortho nitro benzene ring substituents is 1. The van der Waals surface area contributed by atoms with Gasteiger partial charge in [0.2, 0.25) is 0 Å². The van der Waals surface area contributed by atoms with Crippen molar-refractivity contribution in [3.05, 3.63) is 76.3 Å². The molecule has 3 aromatic rings. The number of rotatable bonds is 3. The summed E-state index contributed by atoms with van der Waals surface area (Å²) in [5, 5.41) is 22.2. The van der Waals surface area contributed by atoms with Crippen LogP contribution in [0.25, 0.3) is 10.8 Å². The van der Waals surface area contributed by atoms with Gasteiger partial charge in [-0.05, 0) is 17.7 Å². The van der Waals surface area contributed by atoms with Crippen LogP contribution in [0.5, 0.6) is 5.75 Å². The highest BCUT2D eigenvalue weighted by molar-refractivity contribution is 5.98. The number of hydrogen-bond donors (Lipinski definition) is 1. The van der Waals surface area contributed by atoms with Crippen LogP contribution in [0.1, 0.15) is 5.56 Å². The van der Waals surface area contributed by atoms with Gasteiger partial charge in [0.15, 0.2) is 0 Å². The van der Waals surface area contributed by atoms with Crippen molar-refractivity contribution in [3.8, 4) is 5.75 Å². The third kappa shape index (κ3) is 2.64. The smallest absolute Gasteiger partial charge is 0.270 e. The Morgan fingerprint density at radius 3 is 2.55 bits per heavy atom. The Balaban J connectivity index is 2.01. The normalized spacial score (nSPS) is 11.1. The molecule has 108 valence electrons. The SMILES string of the molecule is O=[N+]([O-])c1cccc(C=Nc2ccc(O)c3ccccc23)c1. The summed E-state index contributed by atoms with van der Waals surface area (Å²) >= 11 is 0. The average Bonchev–Trinajstić information content (AvgIpc) is 2.55. The Morgan fingerprint density at radius 1 is 1.00 bits per heavy atom. The van der Waals surface area contributed by atoms with Gasteiger partial charge in [-0.15, -0.1) is 0 Å². The van der Waals surface area contributed by atoms with Gasteiger partial charge in [0.1, 0.15) is 5.75 Å². The van der Waals surface area contributed by atoms with Crippen molar-refractivity contribution in [1.82, 2.24) is 0 Å². The van der Waals surface area contributed by atoms with Crippen molar-refractivity contribution in [3.63, 3.8) is 0 Å². The number of aromatic hydroxyl groups is 1. The fourth-order valence-electron chi connectivity index (χ4n) is 2.24. The molecule has 0 unspecified atom stereocenters. The van der Waals surface area contributed by atoms with E-state index in [-0.39, 0.29) is 11.4 Å². The molecule has 3 aromatic carbocycles. The number of hydrogen-bond acceptors (Lipinski definition) is 4. The Morgan fingerprint density at radius 2 is 1.77 bits per heavy atom. The summed E-state index contributed by atoms with van der Waals surface area (Å²) in [7, 11) is 0. The van der Waals surface area contributed by atoms with Gasteiger partial charge in [-0.1, -0.05) is 36.4 Å². The highest BCUT2D eigenvalue weighted by Crippen LogP contribution is 2.32. The first kappa shape index (κ1) is 13.8. The monoisotopic (exact) mass is 292 g/mol. The van der Waals surface area contributed by atoms with Crippen molar-refractivity contribution in [1.29, 1.82) is 0 Å². The molecule has 0 fully saturated rings. The zero-order valence-corrected chi connectivity index (χ0v) is 11.5. The van der Waals surface area contributed by atoms with Crippen LogP contribution in [-0.4, -0.2) is 16.2 Å². The molecule has 22 heavy (non-hydrogen) atoms.